The third kappa shape index (κ3) is 17.0. The average molecular weight is 443 g/mol. The van der Waals surface area contributed by atoms with Gasteiger partial charge in [-0.3, -0.25) is 9.69 Å². The van der Waals surface area contributed by atoms with Crippen LogP contribution in [0.2, 0.25) is 0 Å². The monoisotopic (exact) mass is 442 g/mol. The van der Waals surface area contributed by atoms with Crippen molar-refractivity contribution in [1.29, 1.82) is 0 Å². The fraction of sp³-hybridized carbons (Fsp3) is 0.690. The molecule has 0 atom stereocenters. The summed E-state index contributed by atoms with van der Waals surface area (Å²) in [6.45, 7) is 8.04. The predicted molar refractivity (Wildman–Crippen MR) is 140 cm³/mol. The van der Waals surface area contributed by atoms with Crippen molar-refractivity contribution in [2.75, 3.05) is 19.6 Å². The molecule has 0 radical (unpaired) electrons. The first-order valence-electron chi connectivity index (χ1n) is 13.4. The number of allylic oxidation sites excluding steroid dienone is 2. The summed E-state index contributed by atoms with van der Waals surface area (Å²) in [6.07, 6.45) is 22.2. The topological polar surface area (TPSA) is 32.3 Å². The number of hydrogen-bond donors (Lipinski definition) is 1. The molecule has 1 aromatic rings. The highest BCUT2D eigenvalue weighted by Crippen LogP contribution is 2.10. The lowest BCUT2D eigenvalue weighted by atomic mass is 10.1. The van der Waals surface area contributed by atoms with E-state index in [2.05, 4.69) is 66.5 Å². The number of carbonyl (C=O) groups is 1. The predicted octanol–water partition coefficient (Wildman–Crippen LogP) is 7.66. The van der Waals surface area contributed by atoms with Crippen molar-refractivity contribution in [1.82, 2.24) is 10.2 Å². The van der Waals surface area contributed by atoms with Crippen LogP contribution in [0.1, 0.15) is 109 Å². The number of amides is 1. The molecule has 1 N–H and O–H groups in total. The Balaban J connectivity index is 1.89. The molecule has 0 heterocycles. The summed E-state index contributed by atoms with van der Waals surface area (Å²) >= 11 is 0. The van der Waals surface area contributed by atoms with E-state index in [1.807, 2.05) is 0 Å². The number of hydrogen-bond acceptors (Lipinski definition) is 2. The van der Waals surface area contributed by atoms with Crippen LogP contribution in [-0.4, -0.2) is 30.4 Å². The zero-order chi connectivity index (χ0) is 23.1. The van der Waals surface area contributed by atoms with Gasteiger partial charge in [-0.1, -0.05) is 108 Å². The lowest BCUT2D eigenvalue weighted by Gasteiger charge is -2.20. The molecule has 1 rings (SSSR count). The summed E-state index contributed by atoms with van der Waals surface area (Å²) in [7, 11) is 0. The molecule has 1 amide bonds. The van der Waals surface area contributed by atoms with Crippen LogP contribution in [0.3, 0.4) is 0 Å². The maximum absolute atomic E-state index is 12.1. The minimum atomic E-state index is 0.207. The Bertz CT molecular complexity index is 570. The van der Waals surface area contributed by atoms with Gasteiger partial charge in [0.05, 0.1) is 0 Å². The second-order valence-corrected chi connectivity index (χ2v) is 9.04. The van der Waals surface area contributed by atoms with Crippen molar-refractivity contribution in [2.45, 2.75) is 110 Å². The highest BCUT2D eigenvalue weighted by atomic mass is 16.1. The van der Waals surface area contributed by atoms with Gasteiger partial charge in [0.15, 0.2) is 0 Å². The van der Waals surface area contributed by atoms with Crippen molar-refractivity contribution in [3.63, 3.8) is 0 Å². The SMILES string of the molecule is CCCCCCCC/C=C\CCCCCCCC(=O)NCCN(CC)Cc1ccccc1. The minimum absolute atomic E-state index is 0.207. The maximum Gasteiger partial charge on any atom is 0.220 e. The lowest BCUT2D eigenvalue weighted by Crippen LogP contribution is -2.34. The van der Waals surface area contributed by atoms with Crippen LogP contribution < -0.4 is 5.32 Å². The highest BCUT2D eigenvalue weighted by Gasteiger charge is 2.05. The molecule has 0 saturated carbocycles. The largest absolute Gasteiger partial charge is 0.355 e. The molecule has 3 nitrogen and oxygen atoms in total. The Hall–Kier alpha value is -1.61. The molecule has 0 fully saturated rings. The lowest BCUT2D eigenvalue weighted by molar-refractivity contribution is -0.121. The van der Waals surface area contributed by atoms with Gasteiger partial charge in [-0.05, 0) is 44.2 Å². The Morgan fingerprint density at radius 2 is 1.41 bits per heavy atom. The first-order chi connectivity index (χ1) is 15.8. The van der Waals surface area contributed by atoms with E-state index < -0.39 is 0 Å². The normalized spacial score (nSPS) is 11.5. The summed E-state index contributed by atoms with van der Waals surface area (Å²) in [5.74, 6) is 0.207. The van der Waals surface area contributed by atoms with E-state index in [9.17, 15) is 4.79 Å². The summed E-state index contributed by atoms with van der Waals surface area (Å²) in [6, 6.07) is 10.5. The van der Waals surface area contributed by atoms with Gasteiger partial charge in [0, 0.05) is 26.1 Å². The molecule has 0 aliphatic heterocycles. The molecule has 182 valence electrons. The third-order valence-electron chi connectivity index (χ3n) is 6.11. The van der Waals surface area contributed by atoms with E-state index in [1.165, 1.54) is 82.6 Å². The number of rotatable bonds is 21. The zero-order valence-electron chi connectivity index (χ0n) is 21.1. The van der Waals surface area contributed by atoms with E-state index in [0.717, 1.165) is 32.6 Å². The van der Waals surface area contributed by atoms with Gasteiger partial charge in [0.1, 0.15) is 0 Å². The molecule has 0 aliphatic carbocycles. The molecular formula is C29H50N2O. The second-order valence-electron chi connectivity index (χ2n) is 9.04. The van der Waals surface area contributed by atoms with Crippen LogP contribution >= 0.6 is 0 Å². The second kappa shape index (κ2) is 21.2. The summed E-state index contributed by atoms with van der Waals surface area (Å²) in [5.41, 5.74) is 1.33. The van der Waals surface area contributed by atoms with Crippen LogP contribution in [-0.2, 0) is 11.3 Å². The van der Waals surface area contributed by atoms with Gasteiger partial charge in [-0.2, -0.15) is 0 Å². The first-order valence-corrected chi connectivity index (χ1v) is 13.4. The molecule has 32 heavy (non-hydrogen) atoms. The van der Waals surface area contributed by atoms with Crippen molar-refractivity contribution in [3.8, 4) is 0 Å². The van der Waals surface area contributed by atoms with Crippen molar-refractivity contribution >= 4 is 5.91 Å². The van der Waals surface area contributed by atoms with Gasteiger partial charge in [0.25, 0.3) is 0 Å². The molecule has 0 unspecified atom stereocenters. The van der Waals surface area contributed by atoms with E-state index in [-0.39, 0.29) is 5.91 Å². The molecule has 0 aromatic heterocycles. The van der Waals surface area contributed by atoms with Gasteiger partial charge in [0.2, 0.25) is 5.91 Å². The highest BCUT2D eigenvalue weighted by molar-refractivity contribution is 5.75. The van der Waals surface area contributed by atoms with Gasteiger partial charge < -0.3 is 5.32 Å². The Kier molecular flexibility index (Phi) is 18.9. The van der Waals surface area contributed by atoms with E-state index in [1.54, 1.807) is 0 Å². The quantitative estimate of drug-likeness (QED) is 0.156. The number of carbonyl (C=O) groups excluding carboxylic acids is 1. The molecule has 0 aliphatic rings. The number of benzene rings is 1. The molecule has 3 heteroatoms. The Labute approximate surface area is 199 Å². The Morgan fingerprint density at radius 1 is 0.812 bits per heavy atom. The third-order valence-corrected chi connectivity index (χ3v) is 6.11. The first kappa shape index (κ1) is 28.4. The number of nitrogens with one attached hydrogen (secondary N) is 1. The number of unbranched alkanes of at least 4 members (excludes halogenated alkanes) is 11. The van der Waals surface area contributed by atoms with E-state index in [0.29, 0.717) is 6.42 Å². The van der Waals surface area contributed by atoms with Crippen LogP contribution in [0.25, 0.3) is 0 Å². The average Bonchev–Trinajstić information content (AvgIpc) is 2.81. The van der Waals surface area contributed by atoms with Gasteiger partial charge in [-0.15, -0.1) is 0 Å². The van der Waals surface area contributed by atoms with Gasteiger partial charge >= 0.3 is 0 Å². The van der Waals surface area contributed by atoms with E-state index >= 15 is 0 Å². The summed E-state index contributed by atoms with van der Waals surface area (Å²) in [5, 5.41) is 3.09. The van der Waals surface area contributed by atoms with E-state index in [4.69, 9.17) is 0 Å². The maximum atomic E-state index is 12.1. The van der Waals surface area contributed by atoms with Crippen LogP contribution in [0, 0.1) is 0 Å². The molecule has 1 aromatic carbocycles. The smallest absolute Gasteiger partial charge is 0.220 e. The van der Waals surface area contributed by atoms with Crippen molar-refractivity contribution in [3.05, 3.63) is 48.0 Å². The fourth-order valence-electron chi connectivity index (χ4n) is 3.99. The molecule has 0 bridgehead atoms. The number of likely N-dealkylation sites (N-methyl/N-ethyl adjacent to an activating group) is 1. The molecule has 0 spiro atoms. The fourth-order valence-corrected chi connectivity index (χ4v) is 3.99. The van der Waals surface area contributed by atoms with Crippen molar-refractivity contribution in [2.24, 2.45) is 0 Å². The Morgan fingerprint density at radius 3 is 2.03 bits per heavy atom. The van der Waals surface area contributed by atoms with Gasteiger partial charge in [-0.25, -0.2) is 0 Å². The minimum Gasteiger partial charge on any atom is -0.355 e. The molecule has 0 saturated heterocycles. The van der Waals surface area contributed by atoms with Crippen molar-refractivity contribution < 1.29 is 4.79 Å². The van der Waals surface area contributed by atoms with Crippen LogP contribution in [0.5, 0.6) is 0 Å². The standard InChI is InChI=1S/C29H50N2O/c1-3-5-6-7-8-9-10-11-12-13-14-15-16-17-21-24-29(32)30-25-26-31(4-2)27-28-22-19-18-20-23-28/h11-12,18-20,22-23H,3-10,13-17,21,24-27H2,1-2H3,(H,30,32)/b12-11-. The number of nitrogens with zero attached hydrogens (tertiary/aromatic N) is 1. The van der Waals surface area contributed by atoms with Crippen LogP contribution in [0.15, 0.2) is 42.5 Å². The summed E-state index contributed by atoms with van der Waals surface area (Å²) < 4.78 is 0. The zero-order valence-corrected chi connectivity index (χ0v) is 21.1. The summed E-state index contributed by atoms with van der Waals surface area (Å²) in [4.78, 5) is 14.4. The molecular weight excluding hydrogens is 392 g/mol. The van der Waals surface area contributed by atoms with Crippen LogP contribution in [0.4, 0.5) is 0 Å².